The average molecular weight is 313 g/mol. The second-order valence-corrected chi connectivity index (χ2v) is 6.73. The van der Waals surface area contributed by atoms with Crippen LogP contribution < -0.4 is 0 Å². The lowest BCUT2D eigenvalue weighted by Gasteiger charge is -2.24. The van der Waals surface area contributed by atoms with Gasteiger partial charge in [-0.2, -0.15) is 4.31 Å². The minimum Gasteiger partial charge on any atom is -0.384 e. The fourth-order valence-corrected chi connectivity index (χ4v) is 3.36. The number of aliphatic hydroxyl groups is 1. The van der Waals surface area contributed by atoms with Crippen molar-refractivity contribution in [2.45, 2.75) is 37.6 Å². The van der Waals surface area contributed by atoms with Crippen LogP contribution in [0.5, 0.6) is 0 Å². The highest BCUT2D eigenvalue weighted by molar-refractivity contribution is 7.89. The van der Waals surface area contributed by atoms with E-state index < -0.39 is 15.8 Å². The molecule has 1 aromatic carbocycles. The quantitative estimate of drug-likeness (QED) is 0.846. The standard InChI is InChI=1S/C15H20FNO3S/c1-4-6-12(2)17(3)21(19,20)15-9-8-13(7-5-10-18)11-14(15)16/h8-9,11-12,18H,4,6,10H2,1-3H3. The molecule has 6 heteroatoms. The third kappa shape index (κ3) is 4.27. The molecule has 0 heterocycles. The van der Waals surface area contributed by atoms with E-state index in [9.17, 15) is 12.8 Å². The summed E-state index contributed by atoms with van der Waals surface area (Å²) < 4.78 is 40.0. The molecule has 0 fully saturated rings. The molecule has 0 aliphatic rings. The molecule has 1 atom stereocenters. The Morgan fingerprint density at radius 3 is 2.62 bits per heavy atom. The predicted octanol–water partition coefficient (Wildman–Crippen LogP) is 1.98. The van der Waals surface area contributed by atoms with Crippen molar-refractivity contribution in [3.63, 3.8) is 0 Å². The van der Waals surface area contributed by atoms with Gasteiger partial charge in [0.25, 0.3) is 0 Å². The van der Waals surface area contributed by atoms with E-state index in [2.05, 4.69) is 11.8 Å². The summed E-state index contributed by atoms with van der Waals surface area (Å²) in [7, 11) is -2.41. The minimum atomic E-state index is -3.87. The van der Waals surface area contributed by atoms with Gasteiger partial charge in [-0.25, -0.2) is 12.8 Å². The Bertz CT molecular complexity index is 647. The Morgan fingerprint density at radius 2 is 2.10 bits per heavy atom. The molecule has 0 aromatic heterocycles. The van der Waals surface area contributed by atoms with E-state index in [0.717, 1.165) is 12.5 Å². The Kier molecular flexibility index (Phi) is 6.34. The van der Waals surface area contributed by atoms with Gasteiger partial charge in [0.15, 0.2) is 0 Å². The highest BCUT2D eigenvalue weighted by Crippen LogP contribution is 2.22. The lowest BCUT2D eigenvalue weighted by Crippen LogP contribution is -2.35. The van der Waals surface area contributed by atoms with Crippen LogP contribution >= 0.6 is 0 Å². The Balaban J connectivity index is 3.15. The van der Waals surface area contributed by atoms with E-state index in [1.807, 2.05) is 6.92 Å². The lowest BCUT2D eigenvalue weighted by atomic mass is 10.2. The van der Waals surface area contributed by atoms with E-state index >= 15 is 0 Å². The van der Waals surface area contributed by atoms with Crippen molar-refractivity contribution < 1.29 is 17.9 Å². The largest absolute Gasteiger partial charge is 0.384 e. The molecule has 0 spiro atoms. The van der Waals surface area contributed by atoms with Gasteiger partial charge in [-0.3, -0.25) is 0 Å². The summed E-state index contributed by atoms with van der Waals surface area (Å²) >= 11 is 0. The maximum atomic E-state index is 14.0. The van der Waals surface area contributed by atoms with Crippen molar-refractivity contribution in [2.24, 2.45) is 0 Å². The fourth-order valence-electron chi connectivity index (χ4n) is 1.92. The number of rotatable bonds is 5. The molecular weight excluding hydrogens is 293 g/mol. The summed E-state index contributed by atoms with van der Waals surface area (Å²) in [4.78, 5) is -0.359. The van der Waals surface area contributed by atoms with Crippen LogP contribution in [0, 0.1) is 17.7 Å². The number of hydrogen-bond donors (Lipinski definition) is 1. The zero-order chi connectivity index (χ0) is 16.0. The summed E-state index contributed by atoms with van der Waals surface area (Å²) in [6.45, 7) is 3.42. The average Bonchev–Trinajstić information content (AvgIpc) is 2.44. The van der Waals surface area contributed by atoms with Gasteiger partial charge < -0.3 is 5.11 Å². The molecule has 116 valence electrons. The predicted molar refractivity (Wildman–Crippen MR) is 79.7 cm³/mol. The number of nitrogens with zero attached hydrogens (tertiary/aromatic N) is 1. The molecule has 1 N–H and O–H groups in total. The Hall–Kier alpha value is -1.42. The summed E-state index contributed by atoms with van der Waals surface area (Å²) in [5.74, 6) is 4.09. The van der Waals surface area contributed by atoms with Gasteiger partial charge in [0.2, 0.25) is 10.0 Å². The zero-order valence-electron chi connectivity index (χ0n) is 12.4. The van der Waals surface area contributed by atoms with Crippen molar-refractivity contribution in [1.82, 2.24) is 4.31 Å². The SMILES string of the molecule is CCCC(C)N(C)S(=O)(=O)c1ccc(C#CCO)cc1F. The molecule has 21 heavy (non-hydrogen) atoms. The molecule has 0 radical (unpaired) electrons. The molecule has 0 saturated heterocycles. The first kappa shape index (κ1) is 17.6. The topological polar surface area (TPSA) is 57.6 Å². The van der Waals surface area contributed by atoms with E-state index in [1.54, 1.807) is 6.92 Å². The van der Waals surface area contributed by atoms with Crippen LogP contribution in [0.1, 0.15) is 32.3 Å². The van der Waals surface area contributed by atoms with Gasteiger partial charge in [0, 0.05) is 18.7 Å². The lowest BCUT2D eigenvalue weighted by molar-refractivity contribution is 0.350. The van der Waals surface area contributed by atoms with Crippen molar-refractivity contribution in [3.05, 3.63) is 29.6 Å². The van der Waals surface area contributed by atoms with Crippen LogP contribution in [0.2, 0.25) is 0 Å². The normalized spacial score (nSPS) is 12.9. The summed E-state index contributed by atoms with van der Waals surface area (Å²) in [5, 5.41) is 8.60. The van der Waals surface area contributed by atoms with Crippen LogP contribution in [0.4, 0.5) is 4.39 Å². The van der Waals surface area contributed by atoms with Gasteiger partial charge >= 0.3 is 0 Å². The van der Waals surface area contributed by atoms with Crippen LogP contribution in [0.3, 0.4) is 0 Å². The first-order valence-corrected chi connectivity index (χ1v) is 8.16. The van der Waals surface area contributed by atoms with Gasteiger partial charge in [-0.15, -0.1) is 0 Å². The number of benzene rings is 1. The number of hydrogen-bond acceptors (Lipinski definition) is 3. The fraction of sp³-hybridized carbons (Fsp3) is 0.467. The first-order chi connectivity index (χ1) is 9.84. The highest BCUT2D eigenvalue weighted by Gasteiger charge is 2.27. The molecule has 1 aromatic rings. The molecule has 0 saturated carbocycles. The van der Waals surface area contributed by atoms with Crippen LogP contribution in [0.25, 0.3) is 0 Å². The molecule has 4 nitrogen and oxygen atoms in total. The maximum Gasteiger partial charge on any atom is 0.245 e. The molecule has 1 rings (SSSR count). The van der Waals surface area contributed by atoms with Crippen LogP contribution in [0.15, 0.2) is 23.1 Å². The van der Waals surface area contributed by atoms with Gasteiger partial charge in [-0.05, 0) is 31.5 Å². The molecular formula is C15H20FNO3S. The zero-order valence-corrected chi connectivity index (χ0v) is 13.2. The molecule has 0 amide bonds. The summed E-state index contributed by atoms with van der Waals surface area (Å²) in [6.07, 6.45) is 1.55. The van der Waals surface area contributed by atoms with Crippen molar-refractivity contribution in [1.29, 1.82) is 0 Å². The molecule has 1 unspecified atom stereocenters. The van der Waals surface area contributed by atoms with Crippen molar-refractivity contribution in [3.8, 4) is 11.8 Å². The second-order valence-electron chi connectivity index (χ2n) is 4.76. The monoisotopic (exact) mass is 313 g/mol. The summed E-state index contributed by atoms with van der Waals surface area (Å²) in [6, 6.07) is 3.50. The van der Waals surface area contributed by atoms with Gasteiger partial charge in [0.05, 0.1) is 0 Å². The maximum absolute atomic E-state index is 14.0. The third-order valence-electron chi connectivity index (χ3n) is 3.23. The van der Waals surface area contributed by atoms with Crippen LogP contribution in [-0.2, 0) is 10.0 Å². The Labute approximate surface area is 125 Å². The van der Waals surface area contributed by atoms with Crippen LogP contribution in [-0.4, -0.2) is 37.5 Å². The smallest absolute Gasteiger partial charge is 0.245 e. The number of sulfonamides is 1. The Morgan fingerprint density at radius 1 is 1.43 bits per heavy atom. The van der Waals surface area contributed by atoms with Gasteiger partial charge in [0.1, 0.15) is 17.3 Å². The number of halogens is 1. The van der Waals surface area contributed by atoms with Crippen molar-refractivity contribution >= 4 is 10.0 Å². The van der Waals surface area contributed by atoms with E-state index in [1.165, 1.54) is 23.5 Å². The van der Waals surface area contributed by atoms with E-state index in [0.29, 0.717) is 12.0 Å². The molecule has 0 aliphatic heterocycles. The first-order valence-electron chi connectivity index (χ1n) is 6.71. The molecule has 0 aliphatic carbocycles. The minimum absolute atomic E-state index is 0.201. The second kappa shape index (κ2) is 7.55. The summed E-state index contributed by atoms with van der Waals surface area (Å²) in [5.41, 5.74) is 0.324. The van der Waals surface area contributed by atoms with E-state index in [-0.39, 0.29) is 17.5 Å². The number of aliphatic hydroxyl groups excluding tert-OH is 1. The highest BCUT2D eigenvalue weighted by atomic mass is 32.2. The van der Waals surface area contributed by atoms with Crippen molar-refractivity contribution in [2.75, 3.05) is 13.7 Å². The molecule has 0 bridgehead atoms. The van der Waals surface area contributed by atoms with Gasteiger partial charge in [-0.1, -0.05) is 25.2 Å². The van der Waals surface area contributed by atoms with E-state index in [4.69, 9.17) is 5.11 Å². The third-order valence-corrected chi connectivity index (χ3v) is 5.23.